The van der Waals surface area contributed by atoms with Gasteiger partial charge in [0, 0.05) is 10.8 Å². The van der Waals surface area contributed by atoms with Crippen LogP contribution >= 0.6 is 0 Å². The zero-order valence-corrected chi connectivity index (χ0v) is 7.71. The van der Waals surface area contributed by atoms with Crippen molar-refractivity contribution in [2.24, 2.45) is 5.73 Å². The second-order valence-corrected chi connectivity index (χ2v) is 3.64. The first-order valence-corrected chi connectivity index (χ1v) is 4.98. The maximum atomic E-state index is 11.0. The fraction of sp³-hybridized carbons (Fsp3) is 0.571. The van der Waals surface area contributed by atoms with Crippen molar-refractivity contribution in [3.8, 4) is 0 Å². The quantitative estimate of drug-likeness (QED) is 0.644. The van der Waals surface area contributed by atoms with E-state index in [2.05, 4.69) is 0 Å². The maximum absolute atomic E-state index is 11.0. The van der Waals surface area contributed by atoms with Gasteiger partial charge in [0.25, 0.3) is 0 Å². The van der Waals surface area contributed by atoms with Gasteiger partial charge in [-0.15, -0.1) is 0 Å². The topological polar surface area (TPSA) is 80.4 Å². The van der Waals surface area contributed by atoms with E-state index in [1.165, 1.54) is 5.41 Å². The molecule has 0 rings (SSSR count). The number of carboxylic acids is 1. The Hall–Kier alpha value is -0.680. The van der Waals surface area contributed by atoms with Crippen LogP contribution in [0.5, 0.6) is 0 Å². The van der Waals surface area contributed by atoms with Crippen LogP contribution in [0.2, 0.25) is 0 Å². The minimum atomic E-state index is -1.26. The van der Waals surface area contributed by atoms with E-state index in [1.54, 1.807) is 6.08 Å². The molecule has 0 aromatic rings. The molecule has 0 saturated heterocycles. The number of hydrogen-bond acceptors (Lipinski definition) is 3. The maximum Gasteiger partial charge on any atom is 0.321 e. The van der Waals surface area contributed by atoms with E-state index < -0.39 is 22.8 Å². The molecule has 4 nitrogen and oxygen atoms in total. The molecule has 0 spiro atoms. The van der Waals surface area contributed by atoms with Crippen LogP contribution in [0.25, 0.3) is 0 Å². The Kier molecular flexibility index (Phi) is 5.57. The minimum absolute atomic E-state index is 0.0220. The molecule has 5 heteroatoms. The predicted molar refractivity (Wildman–Crippen MR) is 48.1 cm³/mol. The van der Waals surface area contributed by atoms with Crippen molar-refractivity contribution in [2.75, 3.05) is 5.75 Å². The third-order valence-corrected chi connectivity index (χ3v) is 2.33. The molecule has 0 aliphatic heterocycles. The van der Waals surface area contributed by atoms with E-state index in [0.29, 0.717) is 0 Å². The second kappa shape index (κ2) is 5.91. The van der Waals surface area contributed by atoms with E-state index in [4.69, 9.17) is 10.8 Å². The van der Waals surface area contributed by atoms with E-state index in [1.807, 2.05) is 6.92 Å². The number of hydrogen-bond donors (Lipinski definition) is 2. The van der Waals surface area contributed by atoms with Crippen LogP contribution in [-0.2, 0) is 15.6 Å². The number of carbonyl (C=O) groups is 1. The van der Waals surface area contributed by atoms with Crippen LogP contribution in [0.1, 0.15) is 13.3 Å². The second-order valence-electron chi connectivity index (χ2n) is 2.27. The third-order valence-electron chi connectivity index (χ3n) is 1.14. The summed E-state index contributed by atoms with van der Waals surface area (Å²) in [5.41, 5.74) is 5.16. The fourth-order valence-electron chi connectivity index (χ4n) is 0.507. The van der Waals surface area contributed by atoms with Gasteiger partial charge in [-0.25, -0.2) is 0 Å². The Morgan fingerprint density at radius 1 is 1.75 bits per heavy atom. The number of carboxylic acid groups (broad SMARTS) is 1. The van der Waals surface area contributed by atoms with Crippen molar-refractivity contribution < 1.29 is 14.1 Å². The normalized spacial score (nSPS) is 16.2. The van der Waals surface area contributed by atoms with Gasteiger partial charge < -0.3 is 10.8 Å². The molecule has 3 N–H and O–H groups in total. The van der Waals surface area contributed by atoms with Crippen molar-refractivity contribution in [3.05, 3.63) is 11.5 Å². The van der Waals surface area contributed by atoms with Crippen LogP contribution in [0.4, 0.5) is 0 Å². The van der Waals surface area contributed by atoms with Crippen molar-refractivity contribution in [3.63, 3.8) is 0 Å². The van der Waals surface area contributed by atoms with Crippen LogP contribution in [0.15, 0.2) is 11.5 Å². The Labute approximate surface area is 73.9 Å². The summed E-state index contributed by atoms with van der Waals surface area (Å²) in [6.45, 7) is 1.91. The molecular formula is C7H13NO3S. The number of rotatable bonds is 5. The largest absolute Gasteiger partial charge is 0.480 e. The molecule has 70 valence electrons. The first-order valence-electron chi connectivity index (χ1n) is 3.60. The lowest BCUT2D eigenvalue weighted by atomic mass is 10.4. The average Bonchev–Trinajstić information content (AvgIpc) is 2.00. The molecule has 12 heavy (non-hydrogen) atoms. The highest BCUT2D eigenvalue weighted by molar-refractivity contribution is 7.88. The van der Waals surface area contributed by atoms with Gasteiger partial charge in [0.05, 0.1) is 5.75 Å². The summed E-state index contributed by atoms with van der Waals surface area (Å²) in [7, 11) is -1.26. The van der Waals surface area contributed by atoms with Crippen LogP contribution in [0.3, 0.4) is 0 Å². The number of aliphatic carboxylic acids is 1. The molecule has 2 unspecified atom stereocenters. The Morgan fingerprint density at radius 3 is 2.75 bits per heavy atom. The van der Waals surface area contributed by atoms with E-state index in [-0.39, 0.29) is 5.75 Å². The highest BCUT2D eigenvalue weighted by Crippen LogP contribution is 1.91. The summed E-state index contributed by atoms with van der Waals surface area (Å²) in [4.78, 5) is 10.2. The zero-order valence-electron chi connectivity index (χ0n) is 6.90. The summed E-state index contributed by atoms with van der Waals surface area (Å²) >= 11 is 0. The van der Waals surface area contributed by atoms with Gasteiger partial charge in [-0.05, 0) is 11.8 Å². The lowest BCUT2D eigenvalue weighted by molar-refractivity contribution is -0.137. The summed E-state index contributed by atoms with van der Waals surface area (Å²) in [6.07, 6.45) is 2.51. The Morgan fingerprint density at radius 2 is 2.33 bits per heavy atom. The zero-order chi connectivity index (χ0) is 9.56. The Bertz CT molecular complexity index is 203. The molecule has 2 atom stereocenters. The van der Waals surface area contributed by atoms with Crippen molar-refractivity contribution >= 4 is 16.8 Å². The van der Waals surface area contributed by atoms with Crippen molar-refractivity contribution in [1.29, 1.82) is 0 Å². The fourth-order valence-corrected chi connectivity index (χ4v) is 1.52. The molecule has 0 bridgehead atoms. The molecule has 0 amide bonds. The van der Waals surface area contributed by atoms with Crippen LogP contribution < -0.4 is 5.73 Å². The first kappa shape index (κ1) is 11.3. The molecule has 0 heterocycles. The molecule has 0 radical (unpaired) electrons. The van der Waals surface area contributed by atoms with E-state index in [0.717, 1.165) is 6.42 Å². The molecule has 0 fully saturated rings. The first-order chi connectivity index (χ1) is 5.57. The highest BCUT2D eigenvalue weighted by Gasteiger charge is 2.13. The van der Waals surface area contributed by atoms with Gasteiger partial charge >= 0.3 is 5.97 Å². The molecule has 0 aliphatic carbocycles. The van der Waals surface area contributed by atoms with E-state index in [9.17, 15) is 9.00 Å². The predicted octanol–water partition coefficient (Wildman–Crippen LogP) is 0.0707. The summed E-state index contributed by atoms with van der Waals surface area (Å²) in [5.74, 6) is -1.14. The SMILES string of the molecule is CCC=CS(=O)CC(N)C(=O)O. The standard InChI is InChI=1S/C7H13NO3S/c1-2-3-4-12(11)5-6(8)7(9)10/h3-4,6H,2,5,8H2,1H3,(H,9,10). The summed E-state index contributed by atoms with van der Waals surface area (Å²) in [6, 6.07) is -1.03. The minimum Gasteiger partial charge on any atom is -0.480 e. The molecule has 0 aromatic carbocycles. The number of allylic oxidation sites excluding steroid dienone is 1. The summed E-state index contributed by atoms with van der Waals surface area (Å²) < 4.78 is 11.0. The average molecular weight is 191 g/mol. The Balaban J connectivity index is 3.84. The highest BCUT2D eigenvalue weighted by atomic mass is 32.2. The summed E-state index contributed by atoms with van der Waals surface area (Å²) in [5, 5.41) is 9.85. The van der Waals surface area contributed by atoms with Crippen molar-refractivity contribution in [1.82, 2.24) is 0 Å². The van der Waals surface area contributed by atoms with Gasteiger partial charge in [0.1, 0.15) is 6.04 Å². The van der Waals surface area contributed by atoms with Gasteiger partial charge in [0.2, 0.25) is 0 Å². The number of nitrogens with two attached hydrogens (primary N) is 1. The van der Waals surface area contributed by atoms with Gasteiger partial charge in [-0.1, -0.05) is 13.0 Å². The molecule has 0 aliphatic rings. The lowest BCUT2D eigenvalue weighted by Gasteiger charge is -2.01. The molecule has 0 saturated carbocycles. The van der Waals surface area contributed by atoms with Gasteiger partial charge in [0.15, 0.2) is 0 Å². The molecular weight excluding hydrogens is 178 g/mol. The van der Waals surface area contributed by atoms with Gasteiger partial charge in [-0.2, -0.15) is 0 Å². The van der Waals surface area contributed by atoms with Gasteiger partial charge in [-0.3, -0.25) is 9.00 Å². The van der Waals surface area contributed by atoms with E-state index >= 15 is 0 Å². The van der Waals surface area contributed by atoms with Crippen LogP contribution in [0, 0.1) is 0 Å². The third kappa shape index (κ3) is 5.03. The monoisotopic (exact) mass is 191 g/mol. The van der Waals surface area contributed by atoms with Crippen LogP contribution in [-0.4, -0.2) is 27.1 Å². The lowest BCUT2D eigenvalue weighted by Crippen LogP contribution is -2.35. The van der Waals surface area contributed by atoms with Crippen molar-refractivity contribution in [2.45, 2.75) is 19.4 Å². The smallest absolute Gasteiger partial charge is 0.321 e. The molecule has 0 aromatic heterocycles.